The van der Waals surface area contributed by atoms with Crippen molar-refractivity contribution >= 4 is 17.2 Å². The highest BCUT2D eigenvalue weighted by atomic mass is 32.2. The van der Waals surface area contributed by atoms with E-state index in [-0.39, 0.29) is 0 Å². The van der Waals surface area contributed by atoms with Crippen LogP contribution in [0.15, 0.2) is 55.2 Å². The van der Waals surface area contributed by atoms with Crippen LogP contribution in [-0.2, 0) is 11.0 Å². The van der Waals surface area contributed by atoms with E-state index >= 15 is 0 Å². The molecule has 5 nitrogen and oxygen atoms in total. The van der Waals surface area contributed by atoms with E-state index in [2.05, 4.69) is 13.8 Å². The second kappa shape index (κ2) is 4.71. The van der Waals surface area contributed by atoms with Crippen molar-refractivity contribution in [2.24, 2.45) is 4.40 Å². The van der Waals surface area contributed by atoms with Gasteiger partial charge in [0, 0.05) is 18.0 Å². The summed E-state index contributed by atoms with van der Waals surface area (Å²) in [5.74, 6) is -0.407. The van der Waals surface area contributed by atoms with Crippen molar-refractivity contribution in [1.82, 2.24) is 4.98 Å². The molecule has 1 aliphatic heterocycles. The van der Waals surface area contributed by atoms with Crippen LogP contribution in [0.5, 0.6) is 0 Å². The summed E-state index contributed by atoms with van der Waals surface area (Å²) in [6.07, 6.45) is 4.37. The number of nitrogens with one attached hydrogen (secondary N) is 1. The summed E-state index contributed by atoms with van der Waals surface area (Å²) in [4.78, 5) is 12.9. The molecule has 1 aliphatic rings. The van der Waals surface area contributed by atoms with E-state index in [0.717, 1.165) is 10.5 Å². The molecule has 3 rings (SSSR count). The Bertz CT molecular complexity index is 569. The summed E-state index contributed by atoms with van der Waals surface area (Å²) in [5, 5.41) is 0. The number of fused-ring (bicyclic) bond motifs is 1. The Balaban J connectivity index is 0.000000138. The average Bonchev–Trinajstić information content (AvgIpc) is 2.91. The maximum atomic E-state index is 11.0. The molecule has 0 amide bonds. The Morgan fingerprint density at radius 1 is 1.31 bits per heavy atom. The number of H-pyrrole nitrogens is 1. The van der Waals surface area contributed by atoms with Crippen LogP contribution in [0.1, 0.15) is 5.56 Å². The molecule has 2 heterocycles. The molecule has 1 atom stereocenters. The zero-order valence-corrected chi connectivity index (χ0v) is 8.94. The normalized spacial score (nSPS) is 16.4. The number of oxazole rings is 1. The summed E-state index contributed by atoms with van der Waals surface area (Å²) in [6.45, 7) is 0. The first kappa shape index (κ1) is 10.6. The monoisotopic (exact) mass is 236 g/mol. The average molecular weight is 236 g/mol. The number of aromatic nitrogens is 1. The fraction of sp³-hybridized carbons (Fsp3) is 0. The summed E-state index contributed by atoms with van der Waals surface area (Å²) in [5.41, 5.74) is 0.973. The number of benzene rings is 1. The molecular formula is C10H8N2O3S. The summed E-state index contributed by atoms with van der Waals surface area (Å²) >= 11 is 0. The van der Waals surface area contributed by atoms with E-state index in [0.29, 0.717) is 0 Å². The van der Waals surface area contributed by atoms with Crippen LogP contribution in [0.3, 0.4) is 0 Å². The predicted molar refractivity (Wildman–Crippen MR) is 59.8 cm³/mol. The molecule has 0 spiro atoms. The van der Waals surface area contributed by atoms with Crippen LogP contribution < -0.4 is 5.76 Å². The number of hydrogen-bond acceptors (Lipinski definition) is 3. The minimum atomic E-state index is -1.13. The minimum absolute atomic E-state index is 0.407. The molecule has 2 aromatic rings. The van der Waals surface area contributed by atoms with Crippen molar-refractivity contribution < 1.29 is 8.63 Å². The quantitative estimate of drug-likeness (QED) is 0.744. The van der Waals surface area contributed by atoms with E-state index < -0.39 is 16.7 Å². The first-order chi connectivity index (χ1) is 7.77. The first-order valence-electron chi connectivity index (χ1n) is 4.44. The van der Waals surface area contributed by atoms with Gasteiger partial charge in [-0.3, -0.25) is 4.98 Å². The third-order valence-corrected chi connectivity index (χ3v) is 2.88. The molecule has 0 fully saturated rings. The van der Waals surface area contributed by atoms with Crippen LogP contribution >= 0.6 is 0 Å². The molecule has 0 aliphatic carbocycles. The fourth-order valence-electron chi connectivity index (χ4n) is 1.14. The molecule has 1 aromatic heterocycles. The summed E-state index contributed by atoms with van der Waals surface area (Å²) in [6, 6.07) is 7.51. The van der Waals surface area contributed by atoms with Crippen LogP contribution in [0.4, 0.5) is 0 Å². The van der Waals surface area contributed by atoms with Gasteiger partial charge < -0.3 is 4.42 Å². The lowest BCUT2D eigenvalue weighted by molar-refractivity contribution is 0.515. The zero-order valence-electron chi connectivity index (χ0n) is 8.12. The van der Waals surface area contributed by atoms with Gasteiger partial charge in [0.2, 0.25) is 0 Å². The van der Waals surface area contributed by atoms with Crippen LogP contribution in [-0.4, -0.2) is 15.4 Å². The standard InChI is InChI=1S/C7H5NOS.C3H3NO2/c9-10-7-4-2-1-3-6(7)5-8-10;5-3-4-1-2-6-3/h1-5H;1-2H,(H,4,5). The zero-order chi connectivity index (χ0) is 11.4. The molecule has 1 unspecified atom stereocenters. The van der Waals surface area contributed by atoms with Crippen LogP contribution in [0, 0.1) is 0 Å². The lowest BCUT2D eigenvalue weighted by Gasteiger charge is -1.90. The molecule has 82 valence electrons. The SMILES string of the molecule is O=S1N=Cc2ccccc21.O=c1[nH]cco1. The molecule has 1 aromatic carbocycles. The van der Waals surface area contributed by atoms with E-state index in [1.54, 1.807) is 6.21 Å². The van der Waals surface area contributed by atoms with Gasteiger partial charge in [0.25, 0.3) is 0 Å². The van der Waals surface area contributed by atoms with Crippen molar-refractivity contribution in [3.63, 3.8) is 0 Å². The van der Waals surface area contributed by atoms with E-state index in [1.165, 1.54) is 12.5 Å². The Morgan fingerprint density at radius 3 is 2.69 bits per heavy atom. The number of rotatable bonds is 0. The highest BCUT2D eigenvalue weighted by molar-refractivity contribution is 7.84. The van der Waals surface area contributed by atoms with Crippen LogP contribution in [0.25, 0.3) is 0 Å². The summed E-state index contributed by atoms with van der Waals surface area (Å²) in [7, 11) is -1.13. The molecule has 0 radical (unpaired) electrons. The highest BCUT2D eigenvalue weighted by Gasteiger charge is 2.11. The maximum absolute atomic E-state index is 11.0. The maximum Gasteiger partial charge on any atom is 0.416 e. The van der Waals surface area contributed by atoms with Crippen LogP contribution in [0.2, 0.25) is 0 Å². The van der Waals surface area contributed by atoms with E-state index in [9.17, 15) is 9.00 Å². The molecule has 1 N–H and O–H groups in total. The second-order valence-corrected chi connectivity index (χ2v) is 4.02. The highest BCUT2D eigenvalue weighted by Crippen LogP contribution is 2.17. The third-order valence-electron chi connectivity index (χ3n) is 1.84. The van der Waals surface area contributed by atoms with Gasteiger partial charge in [-0.1, -0.05) is 18.2 Å². The molecule has 0 saturated heterocycles. The molecular weight excluding hydrogens is 228 g/mol. The molecule has 16 heavy (non-hydrogen) atoms. The van der Waals surface area contributed by atoms with Crippen molar-refractivity contribution in [3.8, 4) is 0 Å². The van der Waals surface area contributed by atoms with E-state index in [1.807, 2.05) is 24.3 Å². The molecule has 0 saturated carbocycles. The molecule has 6 heteroatoms. The van der Waals surface area contributed by atoms with Crippen molar-refractivity contribution in [1.29, 1.82) is 0 Å². The predicted octanol–water partition coefficient (Wildman–Crippen LogP) is 1.11. The fourth-order valence-corrected chi connectivity index (χ4v) is 1.98. The van der Waals surface area contributed by atoms with Gasteiger partial charge in [-0.05, 0) is 6.07 Å². The van der Waals surface area contributed by atoms with Crippen molar-refractivity contribution in [2.45, 2.75) is 4.90 Å². The Hall–Kier alpha value is -1.95. The second-order valence-electron chi connectivity index (χ2n) is 2.87. The number of nitrogens with zero attached hydrogens (tertiary/aromatic N) is 1. The van der Waals surface area contributed by atoms with Crippen molar-refractivity contribution in [2.75, 3.05) is 0 Å². The number of hydrogen-bond donors (Lipinski definition) is 1. The first-order valence-corrected chi connectivity index (χ1v) is 5.55. The summed E-state index contributed by atoms with van der Waals surface area (Å²) < 4.78 is 19.0. The third kappa shape index (κ3) is 2.34. The molecule has 0 bridgehead atoms. The van der Waals surface area contributed by atoms with Gasteiger partial charge >= 0.3 is 5.76 Å². The van der Waals surface area contributed by atoms with Gasteiger partial charge in [-0.2, -0.15) is 4.40 Å². The minimum Gasteiger partial charge on any atom is -0.417 e. The lowest BCUT2D eigenvalue weighted by Crippen LogP contribution is -1.91. The number of aromatic amines is 1. The Kier molecular flexibility index (Phi) is 3.11. The van der Waals surface area contributed by atoms with Gasteiger partial charge in [-0.15, -0.1) is 0 Å². The Labute approximate surface area is 93.4 Å². The van der Waals surface area contributed by atoms with E-state index in [4.69, 9.17) is 0 Å². The van der Waals surface area contributed by atoms with Gasteiger partial charge in [0.05, 0.1) is 4.90 Å². The smallest absolute Gasteiger partial charge is 0.416 e. The van der Waals surface area contributed by atoms with Gasteiger partial charge in [-0.25, -0.2) is 9.00 Å². The largest absolute Gasteiger partial charge is 0.417 e. The van der Waals surface area contributed by atoms with Gasteiger partial charge in [0.1, 0.15) is 6.26 Å². The topological polar surface area (TPSA) is 75.4 Å². The lowest BCUT2D eigenvalue weighted by atomic mass is 10.2. The van der Waals surface area contributed by atoms with Crippen molar-refractivity contribution in [3.05, 3.63) is 52.8 Å². The Morgan fingerprint density at radius 2 is 2.12 bits per heavy atom. The van der Waals surface area contributed by atoms with Gasteiger partial charge in [0.15, 0.2) is 11.0 Å².